The largest absolute Gasteiger partial charge is 0.455 e. The molecule has 1 saturated carbocycles. The Morgan fingerprint density at radius 1 is 0.607 bits per heavy atom. The average Bonchev–Trinajstić information content (AvgIpc) is 3.31. The van der Waals surface area contributed by atoms with Gasteiger partial charge in [0.05, 0.1) is 6.61 Å². The van der Waals surface area contributed by atoms with Crippen LogP contribution < -0.4 is 0 Å². The van der Waals surface area contributed by atoms with E-state index in [9.17, 15) is 24.0 Å². The zero-order valence-corrected chi connectivity index (χ0v) is 16.1. The van der Waals surface area contributed by atoms with Crippen molar-refractivity contribution in [1.82, 2.24) is 0 Å². The molecule has 11 nitrogen and oxygen atoms in total. The molecule has 2 unspecified atom stereocenters. The van der Waals surface area contributed by atoms with Gasteiger partial charge in [0.25, 0.3) is 0 Å². The normalized spacial score (nSPS) is 33.4. The van der Waals surface area contributed by atoms with E-state index in [4.69, 9.17) is 28.4 Å². The smallest absolute Gasteiger partial charge is 0.303 e. The Labute approximate surface area is 160 Å². The third-order valence-corrected chi connectivity index (χ3v) is 4.18. The van der Waals surface area contributed by atoms with Crippen molar-refractivity contribution in [2.75, 3.05) is 6.61 Å². The molecule has 0 aromatic heterocycles. The first-order valence-electron chi connectivity index (χ1n) is 8.48. The summed E-state index contributed by atoms with van der Waals surface area (Å²) in [5, 5.41) is 0. The molecule has 11 heteroatoms. The molecule has 0 aromatic carbocycles. The Morgan fingerprint density at radius 2 is 0.893 bits per heavy atom. The van der Waals surface area contributed by atoms with Crippen LogP contribution in [-0.4, -0.2) is 72.6 Å². The molecule has 1 aliphatic carbocycles. The molecule has 156 valence electrons. The first-order valence-corrected chi connectivity index (χ1v) is 8.48. The van der Waals surface area contributed by atoms with Gasteiger partial charge < -0.3 is 28.4 Å². The standard InChI is InChI=1S/C17H22O11/c1-7(18)24-12-13(25-8(2)19)15(27-10(4)21)17(6-23-17)16(28-11(5)22)14(12)26-9(3)20/h12-16H,6H2,1-5H3/t12?,13-,14+,15+,16-,17?. The minimum absolute atomic E-state index is 0.0365. The van der Waals surface area contributed by atoms with Crippen molar-refractivity contribution in [3.8, 4) is 0 Å². The van der Waals surface area contributed by atoms with Crippen LogP contribution in [0.5, 0.6) is 0 Å². The Kier molecular flexibility index (Phi) is 6.27. The molecular formula is C17H22O11. The number of hydrogen-bond donors (Lipinski definition) is 0. The molecular weight excluding hydrogens is 380 g/mol. The highest BCUT2D eigenvalue weighted by Gasteiger charge is 2.73. The SMILES string of the molecule is CC(=O)OC1[C@@H](OC(C)=O)[C@H](OC(C)=O)C2(CO2)[C@H](OC(C)=O)[C@H]1OC(C)=O. The fraction of sp³-hybridized carbons (Fsp3) is 0.706. The predicted molar refractivity (Wildman–Crippen MR) is 86.5 cm³/mol. The fourth-order valence-corrected chi connectivity index (χ4v) is 3.32. The number of carbonyl (C=O) groups excluding carboxylic acids is 5. The topological polar surface area (TPSA) is 144 Å². The number of ether oxygens (including phenoxy) is 6. The predicted octanol–water partition coefficient (Wildman–Crippen LogP) is -0.572. The van der Waals surface area contributed by atoms with E-state index in [2.05, 4.69) is 0 Å². The Bertz CT molecular complexity index is 635. The minimum atomic E-state index is -1.42. The van der Waals surface area contributed by atoms with Gasteiger partial charge in [0.2, 0.25) is 0 Å². The van der Waals surface area contributed by atoms with Crippen molar-refractivity contribution in [3.05, 3.63) is 0 Å². The second-order valence-electron chi connectivity index (χ2n) is 6.53. The molecule has 1 saturated heterocycles. The summed E-state index contributed by atoms with van der Waals surface area (Å²) in [7, 11) is 0. The summed E-state index contributed by atoms with van der Waals surface area (Å²) >= 11 is 0. The van der Waals surface area contributed by atoms with Crippen LogP contribution in [-0.2, 0) is 52.4 Å². The van der Waals surface area contributed by atoms with Crippen molar-refractivity contribution >= 4 is 29.8 Å². The molecule has 2 fully saturated rings. The van der Waals surface area contributed by atoms with Gasteiger partial charge >= 0.3 is 29.8 Å². The molecule has 0 bridgehead atoms. The number of carbonyl (C=O) groups is 5. The van der Waals surface area contributed by atoms with Gasteiger partial charge in [0.1, 0.15) is 0 Å². The Balaban J connectivity index is 2.57. The molecule has 0 N–H and O–H groups in total. The maximum absolute atomic E-state index is 11.7. The first-order chi connectivity index (χ1) is 13.0. The number of epoxide rings is 1. The lowest BCUT2D eigenvalue weighted by atomic mass is 9.77. The molecule has 1 spiro atoms. The van der Waals surface area contributed by atoms with E-state index >= 15 is 0 Å². The zero-order chi connectivity index (χ0) is 21.2. The summed E-state index contributed by atoms with van der Waals surface area (Å²) in [6, 6.07) is 0. The van der Waals surface area contributed by atoms with Gasteiger partial charge in [-0.2, -0.15) is 0 Å². The van der Waals surface area contributed by atoms with Gasteiger partial charge in [-0.25, -0.2) is 0 Å². The molecule has 6 atom stereocenters. The summed E-state index contributed by atoms with van der Waals surface area (Å²) in [5.74, 6) is -3.77. The molecule has 1 aliphatic heterocycles. The lowest BCUT2D eigenvalue weighted by molar-refractivity contribution is -0.247. The van der Waals surface area contributed by atoms with E-state index in [0.717, 1.165) is 34.6 Å². The molecule has 2 aliphatic rings. The van der Waals surface area contributed by atoms with Gasteiger partial charge in [-0.15, -0.1) is 0 Å². The lowest BCUT2D eigenvalue weighted by Crippen LogP contribution is -2.70. The monoisotopic (exact) mass is 402 g/mol. The minimum Gasteiger partial charge on any atom is -0.455 e. The van der Waals surface area contributed by atoms with Gasteiger partial charge in [-0.3, -0.25) is 24.0 Å². The lowest BCUT2D eigenvalue weighted by Gasteiger charge is -2.46. The summed E-state index contributed by atoms with van der Waals surface area (Å²) in [6.45, 7) is 5.52. The van der Waals surface area contributed by atoms with Crippen LogP contribution in [0, 0.1) is 0 Å². The van der Waals surface area contributed by atoms with E-state index in [1.807, 2.05) is 0 Å². The van der Waals surface area contributed by atoms with E-state index in [1.165, 1.54) is 0 Å². The summed E-state index contributed by atoms with van der Waals surface area (Å²) in [4.78, 5) is 58.3. The van der Waals surface area contributed by atoms with Crippen molar-refractivity contribution in [2.24, 2.45) is 0 Å². The van der Waals surface area contributed by atoms with E-state index in [0.29, 0.717) is 0 Å². The summed E-state index contributed by atoms with van der Waals surface area (Å²) < 4.78 is 31.8. The molecule has 0 radical (unpaired) electrons. The maximum Gasteiger partial charge on any atom is 0.303 e. The second-order valence-corrected chi connectivity index (χ2v) is 6.53. The molecule has 28 heavy (non-hydrogen) atoms. The fourth-order valence-electron chi connectivity index (χ4n) is 3.32. The molecule has 0 aromatic rings. The highest BCUT2D eigenvalue weighted by molar-refractivity contribution is 5.70. The van der Waals surface area contributed by atoms with Crippen molar-refractivity contribution in [2.45, 2.75) is 70.7 Å². The van der Waals surface area contributed by atoms with Crippen LogP contribution in [0.2, 0.25) is 0 Å². The summed E-state index contributed by atoms with van der Waals surface area (Å²) in [5.41, 5.74) is -1.42. The van der Waals surface area contributed by atoms with Crippen LogP contribution in [0.3, 0.4) is 0 Å². The number of rotatable bonds is 5. The van der Waals surface area contributed by atoms with E-state index in [1.54, 1.807) is 0 Å². The Morgan fingerprint density at radius 3 is 1.14 bits per heavy atom. The zero-order valence-electron chi connectivity index (χ0n) is 16.1. The number of esters is 5. The van der Waals surface area contributed by atoms with E-state index in [-0.39, 0.29) is 6.61 Å². The first kappa shape index (κ1) is 21.6. The third-order valence-electron chi connectivity index (χ3n) is 4.18. The van der Waals surface area contributed by atoms with Gasteiger partial charge in [0, 0.05) is 34.6 Å². The number of hydrogen-bond acceptors (Lipinski definition) is 11. The van der Waals surface area contributed by atoms with Crippen LogP contribution in [0.25, 0.3) is 0 Å². The van der Waals surface area contributed by atoms with Crippen LogP contribution in [0.1, 0.15) is 34.6 Å². The van der Waals surface area contributed by atoms with Crippen molar-refractivity contribution in [3.63, 3.8) is 0 Å². The van der Waals surface area contributed by atoms with Gasteiger partial charge in [-0.1, -0.05) is 0 Å². The molecule has 0 amide bonds. The van der Waals surface area contributed by atoms with E-state index < -0.39 is 66.0 Å². The van der Waals surface area contributed by atoms with Gasteiger partial charge in [0.15, 0.2) is 36.1 Å². The highest BCUT2D eigenvalue weighted by Crippen LogP contribution is 2.48. The average molecular weight is 402 g/mol. The molecule has 1 heterocycles. The quantitative estimate of drug-likeness (QED) is 0.331. The van der Waals surface area contributed by atoms with Crippen LogP contribution in [0.15, 0.2) is 0 Å². The molecule has 2 rings (SSSR count). The van der Waals surface area contributed by atoms with Crippen molar-refractivity contribution < 1.29 is 52.4 Å². The Hall–Kier alpha value is -2.69. The van der Waals surface area contributed by atoms with Gasteiger partial charge in [-0.05, 0) is 0 Å². The van der Waals surface area contributed by atoms with Crippen LogP contribution in [0.4, 0.5) is 0 Å². The highest BCUT2D eigenvalue weighted by atomic mass is 16.7. The maximum atomic E-state index is 11.7. The third kappa shape index (κ3) is 4.58. The second kappa shape index (κ2) is 8.13. The van der Waals surface area contributed by atoms with Crippen LogP contribution >= 0.6 is 0 Å². The summed E-state index contributed by atoms with van der Waals surface area (Å²) in [6.07, 6.45) is -6.66. The van der Waals surface area contributed by atoms with Crippen molar-refractivity contribution in [1.29, 1.82) is 0 Å².